The van der Waals surface area contributed by atoms with Crippen molar-refractivity contribution in [1.82, 2.24) is 15.0 Å². The first-order valence-electron chi connectivity index (χ1n) is 8.91. The molecule has 1 fully saturated rings. The lowest BCUT2D eigenvalue weighted by atomic mass is 9.96. The molecular weight excluding hydrogens is 318 g/mol. The van der Waals surface area contributed by atoms with Crippen LogP contribution in [0.1, 0.15) is 25.2 Å². The van der Waals surface area contributed by atoms with Gasteiger partial charge >= 0.3 is 0 Å². The lowest BCUT2D eigenvalue weighted by Gasteiger charge is -2.35. The molecule has 25 heavy (non-hydrogen) atoms. The molecule has 0 bridgehead atoms. The molecule has 1 saturated heterocycles. The van der Waals surface area contributed by atoms with Gasteiger partial charge in [0.25, 0.3) is 0 Å². The highest BCUT2D eigenvalue weighted by atomic mass is 16.5. The van der Waals surface area contributed by atoms with Crippen molar-refractivity contribution in [2.45, 2.75) is 19.4 Å². The minimum Gasteiger partial charge on any atom is -0.508 e. The second-order valence-electron chi connectivity index (χ2n) is 6.88. The van der Waals surface area contributed by atoms with Crippen LogP contribution in [0.25, 0.3) is 11.3 Å². The van der Waals surface area contributed by atoms with Crippen molar-refractivity contribution >= 4 is 0 Å². The zero-order valence-corrected chi connectivity index (χ0v) is 14.9. The summed E-state index contributed by atoms with van der Waals surface area (Å²) in [4.78, 5) is 4.74. The number of benzene rings is 1. The molecule has 1 aromatic carbocycles. The van der Waals surface area contributed by atoms with Gasteiger partial charge in [0.05, 0.1) is 0 Å². The van der Waals surface area contributed by atoms with Gasteiger partial charge in [-0.3, -0.25) is 0 Å². The Balaban J connectivity index is 1.66. The summed E-state index contributed by atoms with van der Waals surface area (Å²) in [5.41, 5.74) is 1.52. The van der Waals surface area contributed by atoms with Gasteiger partial charge in [-0.05, 0) is 37.7 Å². The molecule has 136 valence electrons. The largest absolute Gasteiger partial charge is 0.508 e. The molecule has 6 nitrogen and oxygen atoms in total. The van der Waals surface area contributed by atoms with Gasteiger partial charge in [-0.1, -0.05) is 12.1 Å². The summed E-state index contributed by atoms with van der Waals surface area (Å²) in [7, 11) is 2.14. The highest BCUT2D eigenvalue weighted by Crippen LogP contribution is 2.29. The lowest BCUT2D eigenvalue weighted by molar-refractivity contribution is 0.0427. The van der Waals surface area contributed by atoms with Crippen LogP contribution < -0.4 is 0 Å². The van der Waals surface area contributed by atoms with Crippen molar-refractivity contribution in [2.75, 3.05) is 39.8 Å². The van der Waals surface area contributed by atoms with Crippen LogP contribution in [-0.4, -0.2) is 64.9 Å². The van der Waals surface area contributed by atoms with Gasteiger partial charge in [0, 0.05) is 50.3 Å². The van der Waals surface area contributed by atoms with Gasteiger partial charge in [0.15, 0.2) is 5.76 Å². The van der Waals surface area contributed by atoms with E-state index in [4.69, 9.17) is 4.52 Å². The highest BCUT2D eigenvalue weighted by Gasteiger charge is 2.27. The standard InChI is InChI=1S/C19H27N3O3/c1-3-14(13-22-10-8-21(2)9-11-22)19(24)18-12-17(20-25-18)15-4-6-16(23)7-5-15/h4-7,12,14,19,23-24H,3,8-11,13H2,1-2H3. The van der Waals surface area contributed by atoms with Crippen molar-refractivity contribution in [3.05, 3.63) is 36.1 Å². The van der Waals surface area contributed by atoms with Gasteiger partial charge in [0.2, 0.25) is 0 Å². The fraction of sp³-hybridized carbons (Fsp3) is 0.526. The maximum Gasteiger partial charge on any atom is 0.166 e. The van der Waals surface area contributed by atoms with E-state index >= 15 is 0 Å². The van der Waals surface area contributed by atoms with Crippen LogP contribution in [0.15, 0.2) is 34.9 Å². The molecule has 2 unspecified atom stereocenters. The van der Waals surface area contributed by atoms with E-state index in [9.17, 15) is 10.2 Å². The molecule has 0 spiro atoms. The Morgan fingerprint density at radius 1 is 1.16 bits per heavy atom. The topological polar surface area (TPSA) is 73.0 Å². The summed E-state index contributed by atoms with van der Waals surface area (Å²) >= 11 is 0. The summed E-state index contributed by atoms with van der Waals surface area (Å²) in [6, 6.07) is 8.59. The molecular formula is C19H27N3O3. The normalized spacial score (nSPS) is 19.0. The van der Waals surface area contributed by atoms with Crippen molar-refractivity contribution in [3.63, 3.8) is 0 Å². The first kappa shape index (κ1) is 17.9. The van der Waals surface area contributed by atoms with E-state index < -0.39 is 6.10 Å². The molecule has 1 aromatic heterocycles. The van der Waals surface area contributed by atoms with E-state index in [0.717, 1.165) is 44.7 Å². The average Bonchev–Trinajstić information content (AvgIpc) is 3.11. The molecule has 2 aromatic rings. The Morgan fingerprint density at radius 3 is 2.48 bits per heavy atom. The van der Waals surface area contributed by atoms with Gasteiger partial charge in [-0.25, -0.2) is 0 Å². The van der Waals surface area contributed by atoms with E-state index in [1.54, 1.807) is 30.3 Å². The number of phenolic OH excluding ortho intramolecular Hbond substituents is 1. The van der Waals surface area contributed by atoms with Crippen molar-refractivity contribution in [2.24, 2.45) is 5.92 Å². The molecule has 2 N–H and O–H groups in total. The van der Waals surface area contributed by atoms with Crippen LogP contribution in [0, 0.1) is 5.92 Å². The number of piperazine rings is 1. The van der Waals surface area contributed by atoms with Crippen LogP contribution in [0.3, 0.4) is 0 Å². The second-order valence-corrected chi connectivity index (χ2v) is 6.88. The molecule has 2 heterocycles. The van der Waals surface area contributed by atoms with E-state index in [2.05, 4.69) is 28.9 Å². The fourth-order valence-electron chi connectivity index (χ4n) is 3.24. The number of aromatic nitrogens is 1. The number of nitrogens with zero attached hydrogens (tertiary/aromatic N) is 3. The summed E-state index contributed by atoms with van der Waals surface area (Å²) in [5, 5.41) is 24.2. The van der Waals surface area contributed by atoms with Crippen molar-refractivity contribution in [3.8, 4) is 17.0 Å². The molecule has 0 aliphatic carbocycles. The van der Waals surface area contributed by atoms with Gasteiger partial charge in [-0.2, -0.15) is 0 Å². The minimum atomic E-state index is -0.664. The predicted molar refractivity (Wildman–Crippen MR) is 96.3 cm³/mol. The van der Waals surface area contributed by atoms with Crippen LogP contribution in [0.4, 0.5) is 0 Å². The number of aliphatic hydroxyl groups excluding tert-OH is 1. The Hall–Kier alpha value is -1.89. The van der Waals surface area contributed by atoms with Gasteiger partial charge < -0.3 is 24.5 Å². The smallest absolute Gasteiger partial charge is 0.166 e. The first-order valence-corrected chi connectivity index (χ1v) is 8.91. The zero-order chi connectivity index (χ0) is 17.8. The number of hydrogen-bond donors (Lipinski definition) is 2. The van der Waals surface area contributed by atoms with E-state index in [1.165, 1.54) is 0 Å². The molecule has 0 radical (unpaired) electrons. The molecule has 2 atom stereocenters. The van der Waals surface area contributed by atoms with E-state index in [-0.39, 0.29) is 11.7 Å². The van der Waals surface area contributed by atoms with Crippen LogP contribution in [-0.2, 0) is 0 Å². The Morgan fingerprint density at radius 2 is 1.84 bits per heavy atom. The Kier molecular flexibility index (Phi) is 5.73. The summed E-state index contributed by atoms with van der Waals surface area (Å²) < 4.78 is 5.41. The fourth-order valence-corrected chi connectivity index (χ4v) is 3.24. The number of hydrogen-bond acceptors (Lipinski definition) is 6. The Bertz CT molecular complexity index is 663. The third-order valence-electron chi connectivity index (χ3n) is 5.04. The maximum atomic E-state index is 10.8. The molecule has 0 saturated carbocycles. The molecule has 3 rings (SSSR count). The Labute approximate surface area is 148 Å². The summed E-state index contributed by atoms with van der Waals surface area (Å²) in [6.07, 6.45) is 0.214. The van der Waals surface area contributed by atoms with Crippen LogP contribution in [0.2, 0.25) is 0 Å². The SMILES string of the molecule is CCC(CN1CCN(C)CC1)C(O)c1cc(-c2ccc(O)cc2)no1. The third-order valence-corrected chi connectivity index (χ3v) is 5.04. The van der Waals surface area contributed by atoms with Crippen LogP contribution >= 0.6 is 0 Å². The second kappa shape index (κ2) is 7.99. The first-order chi connectivity index (χ1) is 12.1. The molecule has 0 amide bonds. The molecule has 1 aliphatic heterocycles. The molecule has 1 aliphatic rings. The van der Waals surface area contributed by atoms with Gasteiger partial charge in [0.1, 0.15) is 17.5 Å². The van der Waals surface area contributed by atoms with Crippen LogP contribution in [0.5, 0.6) is 5.75 Å². The summed E-state index contributed by atoms with van der Waals surface area (Å²) in [6.45, 7) is 7.17. The maximum absolute atomic E-state index is 10.8. The third kappa shape index (κ3) is 4.39. The predicted octanol–water partition coefficient (Wildman–Crippen LogP) is 2.35. The van der Waals surface area contributed by atoms with E-state index in [1.807, 2.05) is 0 Å². The monoisotopic (exact) mass is 345 g/mol. The number of aromatic hydroxyl groups is 1. The van der Waals surface area contributed by atoms with Gasteiger partial charge in [-0.15, -0.1) is 0 Å². The van der Waals surface area contributed by atoms with E-state index in [0.29, 0.717) is 11.5 Å². The number of likely N-dealkylation sites (N-methyl/N-ethyl adjacent to an activating group) is 1. The number of aliphatic hydroxyl groups is 1. The quantitative estimate of drug-likeness (QED) is 0.837. The number of phenols is 1. The lowest BCUT2D eigenvalue weighted by Crippen LogP contribution is -2.46. The van der Waals surface area contributed by atoms with Crippen molar-refractivity contribution < 1.29 is 14.7 Å². The highest BCUT2D eigenvalue weighted by molar-refractivity contribution is 5.59. The zero-order valence-electron chi connectivity index (χ0n) is 14.9. The number of rotatable bonds is 6. The minimum absolute atomic E-state index is 0.115. The average molecular weight is 345 g/mol. The summed E-state index contributed by atoms with van der Waals surface area (Å²) in [5.74, 6) is 0.832. The molecule has 6 heteroatoms. The van der Waals surface area contributed by atoms with Crippen molar-refractivity contribution in [1.29, 1.82) is 0 Å².